The van der Waals surface area contributed by atoms with Crippen molar-refractivity contribution >= 4 is 5.91 Å². The number of carbonyl (C=O) groups is 1. The summed E-state index contributed by atoms with van der Waals surface area (Å²) in [7, 11) is 0. The monoisotopic (exact) mass is 185 g/mol. The van der Waals surface area contributed by atoms with Gasteiger partial charge in [0.25, 0.3) is 0 Å². The number of nitrogens with one attached hydrogen (secondary N) is 1. The lowest BCUT2D eigenvalue weighted by Gasteiger charge is -2.13. The Hall–Kier alpha value is -0.530. The quantitative estimate of drug-likeness (QED) is 0.704. The van der Waals surface area contributed by atoms with Crippen LogP contribution in [0, 0.1) is 5.92 Å². The minimum absolute atomic E-state index is 0.135. The van der Waals surface area contributed by atoms with Gasteiger partial charge < -0.3 is 5.32 Å². The SMILES string of the molecule is CC.CC(C)C(=O)NC1CCCC1. The Morgan fingerprint density at radius 2 is 1.69 bits per heavy atom. The molecule has 1 amide bonds. The van der Waals surface area contributed by atoms with Crippen LogP contribution in [0.5, 0.6) is 0 Å². The molecule has 0 bridgehead atoms. The van der Waals surface area contributed by atoms with E-state index in [4.69, 9.17) is 0 Å². The molecule has 1 aliphatic carbocycles. The average molecular weight is 185 g/mol. The molecule has 78 valence electrons. The van der Waals surface area contributed by atoms with Crippen LogP contribution < -0.4 is 5.32 Å². The summed E-state index contributed by atoms with van der Waals surface area (Å²) in [5.41, 5.74) is 0. The summed E-state index contributed by atoms with van der Waals surface area (Å²) in [5, 5.41) is 3.04. The number of hydrogen-bond donors (Lipinski definition) is 1. The van der Waals surface area contributed by atoms with Gasteiger partial charge in [-0.25, -0.2) is 0 Å². The van der Waals surface area contributed by atoms with Crippen molar-refractivity contribution in [2.75, 3.05) is 0 Å². The van der Waals surface area contributed by atoms with Crippen LogP contribution >= 0.6 is 0 Å². The molecule has 0 atom stereocenters. The molecule has 1 fully saturated rings. The van der Waals surface area contributed by atoms with Gasteiger partial charge in [0.05, 0.1) is 0 Å². The van der Waals surface area contributed by atoms with Crippen molar-refractivity contribution in [2.45, 2.75) is 59.4 Å². The molecular formula is C11H23NO. The first-order valence-corrected chi connectivity index (χ1v) is 5.50. The minimum Gasteiger partial charge on any atom is -0.353 e. The predicted molar refractivity (Wildman–Crippen MR) is 56.6 cm³/mol. The lowest BCUT2D eigenvalue weighted by Crippen LogP contribution is -2.35. The lowest BCUT2D eigenvalue weighted by molar-refractivity contribution is -0.124. The van der Waals surface area contributed by atoms with Gasteiger partial charge in [0.15, 0.2) is 0 Å². The lowest BCUT2D eigenvalue weighted by atomic mass is 10.2. The molecule has 0 unspecified atom stereocenters. The van der Waals surface area contributed by atoms with Gasteiger partial charge in [-0.3, -0.25) is 4.79 Å². The third kappa shape index (κ3) is 4.91. The first-order valence-electron chi connectivity index (χ1n) is 5.50. The number of carbonyl (C=O) groups excluding carboxylic acids is 1. The third-order valence-corrected chi connectivity index (χ3v) is 2.23. The van der Waals surface area contributed by atoms with Gasteiger partial charge in [-0.05, 0) is 12.8 Å². The van der Waals surface area contributed by atoms with Gasteiger partial charge in [-0.15, -0.1) is 0 Å². The Balaban J connectivity index is 0.000000671. The highest BCUT2D eigenvalue weighted by Crippen LogP contribution is 2.17. The molecule has 0 spiro atoms. The van der Waals surface area contributed by atoms with Gasteiger partial charge in [0, 0.05) is 12.0 Å². The topological polar surface area (TPSA) is 29.1 Å². The Labute approximate surface area is 82.1 Å². The van der Waals surface area contributed by atoms with E-state index in [1.807, 2.05) is 27.7 Å². The average Bonchev–Trinajstić information content (AvgIpc) is 2.60. The van der Waals surface area contributed by atoms with Crippen LogP contribution in [0.3, 0.4) is 0 Å². The number of amides is 1. The van der Waals surface area contributed by atoms with Crippen LogP contribution in [-0.2, 0) is 4.79 Å². The van der Waals surface area contributed by atoms with E-state index in [0.29, 0.717) is 6.04 Å². The zero-order valence-corrected chi connectivity index (χ0v) is 9.39. The van der Waals surface area contributed by atoms with Crippen molar-refractivity contribution in [3.05, 3.63) is 0 Å². The zero-order valence-electron chi connectivity index (χ0n) is 9.39. The maximum atomic E-state index is 11.2. The fraction of sp³-hybridized carbons (Fsp3) is 0.909. The van der Waals surface area contributed by atoms with Gasteiger partial charge in [0.1, 0.15) is 0 Å². The number of rotatable bonds is 2. The van der Waals surface area contributed by atoms with E-state index in [2.05, 4.69) is 5.32 Å². The Morgan fingerprint density at radius 3 is 2.08 bits per heavy atom. The molecule has 0 aromatic carbocycles. The number of hydrogen-bond acceptors (Lipinski definition) is 1. The Morgan fingerprint density at radius 1 is 1.23 bits per heavy atom. The molecule has 1 N–H and O–H groups in total. The molecule has 0 heterocycles. The fourth-order valence-electron chi connectivity index (χ4n) is 1.44. The molecule has 0 radical (unpaired) electrons. The summed E-state index contributed by atoms with van der Waals surface area (Å²) >= 11 is 0. The summed E-state index contributed by atoms with van der Waals surface area (Å²) in [6.07, 6.45) is 4.92. The van der Waals surface area contributed by atoms with Crippen molar-refractivity contribution < 1.29 is 4.79 Å². The van der Waals surface area contributed by atoms with Gasteiger partial charge in [0.2, 0.25) is 5.91 Å². The maximum absolute atomic E-state index is 11.2. The van der Waals surface area contributed by atoms with Crippen LogP contribution in [0.15, 0.2) is 0 Å². The normalized spacial score (nSPS) is 16.7. The first kappa shape index (κ1) is 12.5. The largest absolute Gasteiger partial charge is 0.353 e. The van der Waals surface area contributed by atoms with E-state index in [0.717, 1.165) is 0 Å². The molecule has 0 saturated heterocycles. The molecule has 1 aliphatic rings. The molecule has 1 rings (SSSR count). The zero-order chi connectivity index (χ0) is 10.3. The third-order valence-electron chi connectivity index (χ3n) is 2.23. The van der Waals surface area contributed by atoms with Gasteiger partial charge in [-0.1, -0.05) is 40.5 Å². The van der Waals surface area contributed by atoms with Crippen molar-refractivity contribution in [2.24, 2.45) is 5.92 Å². The summed E-state index contributed by atoms with van der Waals surface area (Å²) < 4.78 is 0. The second-order valence-electron chi connectivity index (χ2n) is 3.64. The second-order valence-corrected chi connectivity index (χ2v) is 3.64. The van der Waals surface area contributed by atoms with Crippen LogP contribution in [0.2, 0.25) is 0 Å². The fourth-order valence-corrected chi connectivity index (χ4v) is 1.44. The molecule has 0 aliphatic heterocycles. The summed E-state index contributed by atoms with van der Waals surface area (Å²) in [4.78, 5) is 11.2. The second kappa shape index (κ2) is 6.93. The molecule has 13 heavy (non-hydrogen) atoms. The van der Waals surface area contributed by atoms with E-state index in [-0.39, 0.29) is 11.8 Å². The standard InChI is InChI=1S/C9H17NO.C2H6/c1-7(2)9(11)10-8-5-3-4-6-8;1-2/h7-8H,3-6H2,1-2H3,(H,10,11);1-2H3. The molecule has 0 aromatic rings. The highest BCUT2D eigenvalue weighted by Gasteiger charge is 2.17. The highest BCUT2D eigenvalue weighted by molar-refractivity contribution is 5.78. The maximum Gasteiger partial charge on any atom is 0.222 e. The van der Waals surface area contributed by atoms with Gasteiger partial charge >= 0.3 is 0 Å². The van der Waals surface area contributed by atoms with Crippen LogP contribution in [0.4, 0.5) is 0 Å². The van der Waals surface area contributed by atoms with Crippen molar-refractivity contribution in [1.82, 2.24) is 5.32 Å². The Kier molecular flexibility index (Phi) is 6.65. The molecule has 0 aromatic heterocycles. The summed E-state index contributed by atoms with van der Waals surface area (Å²) in [6, 6.07) is 0.477. The minimum atomic E-state index is 0.135. The van der Waals surface area contributed by atoms with E-state index in [1.54, 1.807) is 0 Å². The summed E-state index contributed by atoms with van der Waals surface area (Å²) in [6.45, 7) is 7.87. The van der Waals surface area contributed by atoms with Crippen LogP contribution in [0.25, 0.3) is 0 Å². The predicted octanol–water partition coefficient (Wildman–Crippen LogP) is 2.73. The van der Waals surface area contributed by atoms with Crippen LogP contribution in [0.1, 0.15) is 53.4 Å². The van der Waals surface area contributed by atoms with Gasteiger partial charge in [-0.2, -0.15) is 0 Å². The molecule has 2 nitrogen and oxygen atoms in total. The van der Waals surface area contributed by atoms with Crippen LogP contribution in [-0.4, -0.2) is 11.9 Å². The van der Waals surface area contributed by atoms with E-state index >= 15 is 0 Å². The first-order chi connectivity index (χ1) is 6.20. The highest BCUT2D eigenvalue weighted by atomic mass is 16.1. The van der Waals surface area contributed by atoms with Crippen molar-refractivity contribution in [1.29, 1.82) is 0 Å². The van der Waals surface area contributed by atoms with E-state index < -0.39 is 0 Å². The Bertz CT molecular complexity index is 137. The summed E-state index contributed by atoms with van der Waals surface area (Å²) in [5.74, 6) is 0.340. The molecular weight excluding hydrogens is 162 g/mol. The van der Waals surface area contributed by atoms with E-state index in [9.17, 15) is 4.79 Å². The molecule has 1 saturated carbocycles. The van der Waals surface area contributed by atoms with E-state index in [1.165, 1.54) is 25.7 Å². The van der Waals surface area contributed by atoms with Crippen molar-refractivity contribution in [3.63, 3.8) is 0 Å². The molecule has 2 heteroatoms. The van der Waals surface area contributed by atoms with Crippen molar-refractivity contribution in [3.8, 4) is 0 Å². The smallest absolute Gasteiger partial charge is 0.222 e.